The summed E-state index contributed by atoms with van der Waals surface area (Å²) < 4.78 is 0. The number of piperazine rings is 1. The number of hydrogen-bond donors (Lipinski definition) is 0. The summed E-state index contributed by atoms with van der Waals surface area (Å²) in [6, 6.07) is 8.27. The third-order valence-electron chi connectivity index (χ3n) is 5.03. The molecule has 2 amide bonds. The molecule has 7 nitrogen and oxygen atoms in total. The van der Waals surface area contributed by atoms with Crippen LogP contribution in [0.2, 0.25) is 0 Å². The lowest BCUT2D eigenvalue weighted by molar-refractivity contribution is -0.130. The van der Waals surface area contributed by atoms with E-state index in [2.05, 4.69) is 27.0 Å². The minimum atomic E-state index is -0.130. The zero-order valence-corrected chi connectivity index (χ0v) is 14.8. The second-order valence-corrected chi connectivity index (χ2v) is 6.59. The maximum Gasteiger partial charge on any atom is 0.274 e. The van der Waals surface area contributed by atoms with E-state index in [1.165, 1.54) is 5.56 Å². The molecule has 3 heterocycles. The molecular formula is C19H21N5O2. The van der Waals surface area contributed by atoms with Gasteiger partial charge in [-0.25, -0.2) is 9.97 Å². The maximum absolute atomic E-state index is 12.6. The third-order valence-corrected chi connectivity index (χ3v) is 5.03. The molecule has 134 valence electrons. The Morgan fingerprint density at radius 1 is 0.923 bits per heavy atom. The molecule has 1 aromatic carbocycles. The van der Waals surface area contributed by atoms with E-state index < -0.39 is 0 Å². The summed E-state index contributed by atoms with van der Waals surface area (Å²) in [5.41, 5.74) is 2.80. The van der Waals surface area contributed by atoms with Gasteiger partial charge >= 0.3 is 0 Å². The van der Waals surface area contributed by atoms with E-state index in [1.54, 1.807) is 29.1 Å². The SMILES string of the molecule is CC(=O)N1CCN(C(=O)c2cnc(N3CCc4ccccc43)cn2)CC1. The van der Waals surface area contributed by atoms with Gasteiger partial charge in [0.2, 0.25) is 5.91 Å². The van der Waals surface area contributed by atoms with E-state index in [0.717, 1.165) is 24.5 Å². The number of nitrogens with zero attached hydrogens (tertiary/aromatic N) is 5. The van der Waals surface area contributed by atoms with Crippen LogP contribution < -0.4 is 4.90 Å². The zero-order chi connectivity index (χ0) is 18.1. The van der Waals surface area contributed by atoms with Gasteiger partial charge in [0.1, 0.15) is 5.69 Å². The normalized spacial score (nSPS) is 16.6. The van der Waals surface area contributed by atoms with Gasteiger partial charge in [-0.05, 0) is 18.1 Å². The number of amides is 2. The Morgan fingerprint density at radius 3 is 2.35 bits per heavy atom. The molecule has 26 heavy (non-hydrogen) atoms. The number of fused-ring (bicyclic) bond motifs is 1. The molecular weight excluding hydrogens is 330 g/mol. The number of benzene rings is 1. The van der Waals surface area contributed by atoms with Crippen molar-refractivity contribution >= 4 is 23.3 Å². The number of para-hydroxylation sites is 1. The molecule has 0 spiro atoms. The zero-order valence-electron chi connectivity index (χ0n) is 14.8. The molecule has 1 aromatic heterocycles. The molecule has 2 aliphatic rings. The Hall–Kier alpha value is -2.96. The molecule has 0 saturated carbocycles. The summed E-state index contributed by atoms with van der Waals surface area (Å²) >= 11 is 0. The summed E-state index contributed by atoms with van der Waals surface area (Å²) in [5, 5.41) is 0. The van der Waals surface area contributed by atoms with Crippen LogP contribution in [0.1, 0.15) is 23.0 Å². The summed E-state index contributed by atoms with van der Waals surface area (Å²) in [6.45, 7) is 4.61. The third kappa shape index (κ3) is 3.00. The first-order chi connectivity index (χ1) is 12.6. The molecule has 7 heteroatoms. The predicted molar refractivity (Wildman–Crippen MR) is 97.3 cm³/mol. The molecule has 1 saturated heterocycles. The molecule has 2 aliphatic heterocycles. The number of hydrogen-bond acceptors (Lipinski definition) is 5. The summed E-state index contributed by atoms with van der Waals surface area (Å²) in [6.07, 6.45) is 4.20. The molecule has 0 bridgehead atoms. The Balaban J connectivity index is 1.45. The van der Waals surface area contributed by atoms with E-state index >= 15 is 0 Å². The van der Waals surface area contributed by atoms with Gasteiger partial charge < -0.3 is 14.7 Å². The van der Waals surface area contributed by atoms with Crippen LogP contribution in [0.5, 0.6) is 0 Å². The summed E-state index contributed by atoms with van der Waals surface area (Å²) in [5.74, 6) is 0.675. The minimum absolute atomic E-state index is 0.0483. The van der Waals surface area contributed by atoms with E-state index in [9.17, 15) is 9.59 Å². The van der Waals surface area contributed by atoms with Gasteiger partial charge in [-0.3, -0.25) is 9.59 Å². The van der Waals surface area contributed by atoms with E-state index in [4.69, 9.17) is 0 Å². The van der Waals surface area contributed by atoms with Crippen LogP contribution in [0, 0.1) is 0 Å². The van der Waals surface area contributed by atoms with Gasteiger partial charge in [0.15, 0.2) is 5.82 Å². The van der Waals surface area contributed by atoms with Crippen LogP contribution in [0.15, 0.2) is 36.7 Å². The van der Waals surface area contributed by atoms with Crippen LogP contribution in [-0.4, -0.2) is 64.3 Å². The number of carbonyl (C=O) groups excluding carboxylic acids is 2. The molecule has 0 aliphatic carbocycles. The average molecular weight is 351 g/mol. The molecule has 2 aromatic rings. The maximum atomic E-state index is 12.6. The quantitative estimate of drug-likeness (QED) is 0.820. The Bertz CT molecular complexity index is 828. The van der Waals surface area contributed by atoms with Crippen LogP contribution in [0.4, 0.5) is 11.5 Å². The monoisotopic (exact) mass is 351 g/mol. The van der Waals surface area contributed by atoms with Crippen molar-refractivity contribution < 1.29 is 9.59 Å². The van der Waals surface area contributed by atoms with Gasteiger partial charge in [-0.2, -0.15) is 0 Å². The fourth-order valence-electron chi connectivity index (χ4n) is 3.53. The first-order valence-corrected chi connectivity index (χ1v) is 8.86. The number of anilines is 2. The van der Waals surface area contributed by atoms with Crippen molar-refractivity contribution in [2.45, 2.75) is 13.3 Å². The van der Waals surface area contributed by atoms with E-state index in [0.29, 0.717) is 31.9 Å². The van der Waals surface area contributed by atoms with Crippen LogP contribution in [0.25, 0.3) is 0 Å². The van der Waals surface area contributed by atoms with Gasteiger partial charge in [0.05, 0.1) is 12.4 Å². The van der Waals surface area contributed by atoms with Gasteiger partial charge in [-0.1, -0.05) is 18.2 Å². The highest BCUT2D eigenvalue weighted by atomic mass is 16.2. The van der Waals surface area contributed by atoms with Gasteiger partial charge in [-0.15, -0.1) is 0 Å². The largest absolute Gasteiger partial charge is 0.339 e. The molecule has 4 rings (SSSR count). The predicted octanol–water partition coefficient (Wildman–Crippen LogP) is 1.48. The average Bonchev–Trinajstić information content (AvgIpc) is 3.12. The van der Waals surface area contributed by atoms with Crippen molar-refractivity contribution in [2.75, 3.05) is 37.6 Å². The summed E-state index contributed by atoms with van der Waals surface area (Å²) in [7, 11) is 0. The van der Waals surface area contributed by atoms with Crippen LogP contribution in [-0.2, 0) is 11.2 Å². The highest BCUT2D eigenvalue weighted by Crippen LogP contribution is 2.32. The number of rotatable bonds is 2. The fraction of sp³-hybridized carbons (Fsp3) is 0.368. The van der Waals surface area contributed by atoms with Gasteiger partial charge in [0.25, 0.3) is 5.91 Å². The second-order valence-electron chi connectivity index (χ2n) is 6.59. The van der Waals surface area contributed by atoms with E-state index in [-0.39, 0.29) is 11.8 Å². The first kappa shape index (κ1) is 16.5. The number of carbonyl (C=O) groups is 2. The van der Waals surface area contributed by atoms with Crippen molar-refractivity contribution in [3.05, 3.63) is 47.9 Å². The summed E-state index contributed by atoms with van der Waals surface area (Å²) in [4.78, 5) is 38.4. The van der Waals surface area contributed by atoms with Crippen LogP contribution in [0.3, 0.4) is 0 Å². The molecule has 1 fully saturated rings. The fourth-order valence-corrected chi connectivity index (χ4v) is 3.53. The molecule has 0 radical (unpaired) electrons. The lowest BCUT2D eigenvalue weighted by atomic mass is 10.2. The van der Waals surface area contributed by atoms with Crippen molar-refractivity contribution in [3.8, 4) is 0 Å². The second kappa shape index (κ2) is 6.74. The van der Waals surface area contributed by atoms with Crippen molar-refractivity contribution in [3.63, 3.8) is 0 Å². The first-order valence-electron chi connectivity index (χ1n) is 8.86. The van der Waals surface area contributed by atoms with Crippen molar-refractivity contribution in [1.82, 2.24) is 19.8 Å². The van der Waals surface area contributed by atoms with Crippen molar-refractivity contribution in [2.24, 2.45) is 0 Å². The van der Waals surface area contributed by atoms with Gasteiger partial charge in [0, 0.05) is 45.3 Å². The lowest BCUT2D eigenvalue weighted by Gasteiger charge is -2.34. The lowest BCUT2D eigenvalue weighted by Crippen LogP contribution is -2.50. The molecule has 0 atom stereocenters. The standard InChI is InChI=1S/C19H21N5O2/c1-14(25)22-8-10-23(11-9-22)19(26)16-12-21-18(13-20-16)24-7-6-15-4-2-3-5-17(15)24/h2-5,12-13H,6-11H2,1H3. The van der Waals surface area contributed by atoms with Crippen molar-refractivity contribution in [1.29, 1.82) is 0 Å². The Morgan fingerprint density at radius 2 is 1.65 bits per heavy atom. The Kier molecular flexibility index (Phi) is 4.28. The van der Waals surface area contributed by atoms with Crippen LogP contribution >= 0.6 is 0 Å². The van der Waals surface area contributed by atoms with E-state index in [1.807, 2.05) is 12.1 Å². The smallest absolute Gasteiger partial charge is 0.274 e. The highest BCUT2D eigenvalue weighted by molar-refractivity contribution is 5.92. The Labute approximate surface area is 152 Å². The minimum Gasteiger partial charge on any atom is -0.339 e. The topological polar surface area (TPSA) is 69.6 Å². The molecule has 0 unspecified atom stereocenters. The molecule has 0 N–H and O–H groups in total. The number of aromatic nitrogens is 2. The highest BCUT2D eigenvalue weighted by Gasteiger charge is 2.25.